The molecule has 1 aromatic carbocycles. The van der Waals surface area contributed by atoms with Crippen molar-refractivity contribution < 1.29 is 4.39 Å². The topological polar surface area (TPSA) is 68.3 Å². The minimum absolute atomic E-state index is 0.229. The predicted molar refractivity (Wildman–Crippen MR) is 113 cm³/mol. The smallest absolute Gasteiger partial charge is 0.191 e. The summed E-state index contributed by atoms with van der Waals surface area (Å²) in [6, 6.07) is 10.8. The first-order valence-corrected chi connectivity index (χ1v) is 9.47. The average Bonchev–Trinajstić information content (AvgIpc) is 3.08. The van der Waals surface area contributed by atoms with Gasteiger partial charge in [-0.05, 0) is 49.2 Å². The van der Waals surface area contributed by atoms with E-state index < -0.39 is 0 Å². The van der Waals surface area contributed by atoms with Crippen molar-refractivity contribution >= 4 is 22.7 Å². The number of fused-ring (bicyclic) bond motifs is 1. The van der Waals surface area contributed by atoms with Gasteiger partial charge >= 0.3 is 0 Å². The second-order valence-corrected chi connectivity index (χ2v) is 6.76. The number of nitrogens with one attached hydrogen (secondary N) is 3. The van der Waals surface area contributed by atoms with Gasteiger partial charge < -0.3 is 20.5 Å². The third kappa shape index (κ3) is 5.00. The van der Waals surface area contributed by atoms with Crippen LogP contribution in [0.4, 0.5) is 10.2 Å². The summed E-state index contributed by atoms with van der Waals surface area (Å²) in [5.41, 5.74) is 2.89. The SMILES string of the molecule is CCNC(=NCc1cccc(N(C)C)n1)NCCc1c[nH]c2cc(F)ccc12. The Bertz CT molecular complexity index is 947. The summed E-state index contributed by atoms with van der Waals surface area (Å²) >= 11 is 0. The van der Waals surface area contributed by atoms with Crippen LogP contribution in [0.25, 0.3) is 10.9 Å². The van der Waals surface area contributed by atoms with Gasteiger partial charge in [0, 0.05) is 44.3 Å². The van der Waals surface area contributed by atoms with Gasteiger partial charge in [-0.15, -0.1) is 0 Å². The molecule has 0 spiro atoms. The molecule has 0 aliphatic rings. The fourth-order valence-corrected chi connectivity index (χ4v) is 2.99. The molecule has 2 aromatic heterocycles. The van der Waals surface area contributed by atoms with Crippen LogP contribution in [0.15, 0.2) is 47.6 Å². The monoisotopic (exact) mass is 382 g/mol. The highest BCUT2D eigenvalue weighted by atomic mass is 19.1. The number of pyridine rings is 1. The Hall–Kier alpha value is -3.09. The number of hydrogen-bond donors (Lipinski definition) is 3. The van der Waals surface area contributed by atoms with E-state index in [1.54, 1.807) is 0 Å². The molecule has 0 atom stereocenters. The first kappa shape index (κ1) is 19.7. The van der Waals surface area contributed by atoms with Crippen molar-refractivity contribution in [3.8, 4) is 0 Å². The lowest BCUT2D eigenvalue weighted by atomic mass is 10.1. The molecule has 0 unspecified atom stereocenters. The van der Waals surface area contributed by atoms with Gasteiger partial charge in [0.25, 0.3) is 0 Å². The van der Waals surface area contributed by atoms with Gasteiger partial charge in [-0.3, -0.25) is 0 Å². The summed E-state index contributed by atoms with van der Waals surface area (Å²) in [5, 5.41) is 7.66. The second-order valence-electron chi connectivity index (χ2n) is 6.76. The van der Waals surface area contributed by atoms with E-state index >= 15 is 0 Å². The molecule has 7 heteroatoms. The van der Waals surface area contributed by atoms with Gasteiger partial charge in [-0.2, -0.15) is 0 Å². The molecule has 0 fully saturated rings. The quantitative estimate of drug-likeness (QED) is 0.434. The minimum atomic E-state index is -0.229. The van der Waals surface area contributed by atoms with Crippen molar-refractivity contribution in [2.24, 2.45) is 4.99 Å². The molecule has 28 heavy (non-hydrogen) atoms. The molecule has 3 rings (SSSR count). The first-order valence-electron chi connectivity index (χ1n) is 9.47. The van der Waals surface area contributed by atoms with Crippen LogP contribution in [0.2, 0.25) is 0 Å². The fourth-order valence-electron chi connectivity index (χ4n) is 2.99. The number of nitrogens with zero attached hydrogens (tertiary/aromatic N) is 3. The summed E-state index contributed by atoms with van der Waals surface area (Å²) in [6.45, 7) is 4.05. The van der Waals surface area contributed by atoms with E-state index in [-0.39, 0.29) is 5.82 Å². The summed E-state index contributed by atoms with van der Waals surface area (Å²) in [4.78, 5) is 14.3. The lowest BCUT2D eigenvalue weighted by molar-refractivity contribution is 0.629. The number of aliphatic imine (C=N–C) groups is 1. The maximum absolute atomic E-state index is 13.3. The zero-order valence-corrected chi connectivity index (χ0v) is 16.6. The highest BCUT2D eigenvalue weighted by Gasteiger charge is 2.06. The van der Waals surface area contributed by atoms with Crippen molar-refractivity contribution in [2.45, 2.75) is 19.9 Å². The third-order valence-corrected chi connectivity index (χ3v) is 4.41. The number of rotatable bonds is 7. The van der Waals surface area contributed by atoms with Crippen molar-refractivity contribution in [3.05, 3.63) is 59.7 Å². The normalized spacial score (nSPS) is 11.6. The minimum Gasteiger partial charge on any atom is -0.363 e. The molecule has 0 aliphatic heterocycles. The van der Waals surface area contributed by atoms with E-state index in [1.165, 1.54) is 12.1 Å². The van der Waals surface area contributed by atoms with Gasteiger partial charge in [0.05, 0.1) is 12.2 Å². The second kappa shape index (κ2) is 9.21. The van der Waals surface area contributed by atoms with Crippen molar-refractivity contribution in [2.75, 3.05) is 32.1 Å². The molecule has 0 radical (unpaired) electrons. The molecule has 3 N–H and O–H groups in total. The van der Waals surface area contributed by atoms with Crippen LogP contribution in [0.5, 0.6) is 0 Å². The Kier molecular flexibility index (Phi) is 6.47. The largest absolute Gasteiger partial charge is 0.363 e. The van der Waals surface area contributed by atoms with Crippen LogP contribution in [0.3, 0.4) is 0 Å². The zero-order valence-electron chi connectivity index (χ0n) is 16.6. The van der Waals surface area contributed by atoms with Gasteiger partial charge in [0.1, 0.15) is 11.6 Å². The van der Waals surface area contributed by atoms with E-state index in [0.717, 1.165) is 53.4 Å². The molecular formula is C21H27FN6. The number of aromatic amines is 1. The average molecular weight is 382 g/mol. The van der Waals surface area contributed by atoms with E-state index in [2.05, 4.69) is 25.6 Å². The molecule has 3 aromatic rings. The molecule has 0 saturated carbocycles. The molecule has 0 bridgehead atoms. The molecule has 148 valence electrons. The number of halogens is 1. The van der Waals surface area contributed by atoms with Crippen molar-refractivity contribution in [1.29, 1.82) is 0 Å². The predicted octanol–water partition coefficient (Wildman–Crippen LogP) is 3.07. The maximum atomic E-state index is 13.3. The zero-order chi connectivity index (χ0) is 19.9. The van der Waals surface area contributed by atoms with E-state index in [0.29, 0.717) is 6.54 Å². The van der Waals surface area contributed by atoms with E-state index in [1.807, 2.05) is 56.4 Å². The standard InChI is InChI=1S/C21H27FN6/c1-4-23-21(26-14-17-6-5-7-20(27-17)28(2)3)24-11-10-15-13-25-19-12-16(22)8-9-18(15)19/h5-9,12-13,25H,4,10-11,14H2,1-3H3,(H2,23,24,26). The Morgan fingerprint density at radius 1 is 1.21 bits per heavy atom. The molecule has 0 saturated heterocycles. The highest BCUT2D eigenvalue weighted by Crippen LogP contribution is 2.19. The Labute approximate surface area is 164 Å². The van der Waals surface area contributed by atoms with E-state index in [9.17, 15) is 4.39 Å². The van der Waals surface area contributed by atoms with Crippen molar-refractivity contribution in [1.82, 2.24) is 20.6 Å². The van der Waals surface area contributed by atoms with Gasteiger partial charge in [0.15, 0.2) is 5.96 Å². The van der Waals surface area contributed by atoms with Gasteiger partial charge in [0.2, 0.25) is 0 Å². The number of aromatic nitrogens is 2. The summed E-state index contributed by atoms with van der Waals surface area (Å²) in [7, 11) is 3.94. The third-order valence-electron chi connectivity index (χ3n) is 4.41. The number of hydrogen-bond acceptors (Lipinski definition) is 3. The van der Waals surface area contributed by atoms with Crippen LogP contribution < -0.4 is 15.5 Å². The Morgan fingerprint density at radius 2 is 2.07 bits per heavy atom. The fraction of sp³-hybridized carbons (Fsp3) is 0.333. The summed E-state index contributed by atoms with van der Waals surface area (Å²) in [6.07, 6.45) is 2.75. The molecule has 0 aliphatic carbocycles. The number of benzene rings is 1. The molecule has 2 heterocycles. The Morgan fingerprint density at radius 3 is 2.86 bits per heavy atom. The van der Waals surface area contributed by atoms with Crippen LogP contribution in [-0.4, -0.2) is 43.1 Å². The number of H-pyrrole nitrogens is 1. The van der Waals surface area contributed by atoms with Crippen LogP contribution in [0.1, 0.15) is 18.2 Å². The molecular weight excluding hydrogens is 355 g/mol. The highest BCUT2D eigenvalue weighted by molar-refractivity contribution is 5.83. The summed E-state index contributed by atoms with van der Waals surface area (Å²) in [5.74, 6) is 1.44. The number of guanidine groups is 1. The van der Waals surface area contributed by atoms with Gasteiger partial charge in [-0.25, -0.2) is 14.4 Å². The van der Waals surface area contributed by atoms with Crippen LogP contribution >= 0.6 is 0 Å². The molecule has 0 amide bonds. The van der Waals surface area contributed by atoms with Crippen LogP contribution in [-0.2, 0) is 13.0 Å². The van der Waals surface area contributed by atoms with Crippen molar-refractivity contribution in [3.63, 3.8) is 0 Å². The molecule has 6 nitrogen and oxygen atoms in total. The maximum Gasteiger partial charge on any atom is 0.191 e. The lowest BCUT2D eigenvalue weighted by Crippen LogP contribution is -2.38. The first-order chi connectivity index (χ1) is 13.6. The van der Waals surface area contributed by atoms with Gasteiger partial charge in [-0.1, -0.05) is 6.07 Å². The van der Waals surface area contributed by atoms with Crippen LogP contribution in [0, 0.1) is 5.82 Å². The lowest BCUT2D eigenvalue weighted by Gasteiger charge is -2.13. The number of anilines is 1. The summed E-state index contributed by atoms with van der Waals surface area (Å²) < 4.78 is 13.3. The van der Waals surface area contributed by atoms with E-state index in [4.69, 9.17) is 0 Å². The Balaban J connectivity index is 1.61.